The van der Waals surface area contributed by atoms with Crippen LogP contribution in [0.4, 0.5) is 5.69 Å². The molecule has 7 nitrogen and oxygen atoms in total. The highest BCUT2D eigenvalue weighted by atomic mass is 16.5. The lowest BCUT2D eigenvalue weighted by molar-refractivity contribution is -0.138. The fourth-order valence-electron chi connectivity index (χ4n) is 3.18. The Kier molecular flexibility index (Phi) is 6.27. The molecule has 158 valence electrons. The lowest BCUT2D eigenvalue weighted by Crippen LogP contribution is -2.17. The third-order valence-corrected chi connectivity index (χ3v) is 4.90. The molecule has 1 aliphatic carbocycles. The van der Waals surface area contributed by atoms with E-state index in [1.165, 1.54) is 0 Å². The van der Waals surface area contributed by atoms with Crippen molar-refractivity contribution in [1.82, 2.24) is 9.97 Å². The Balaban J connectivity index is 1.55. The predicted molar refractivity (Wildman–Crippen MR) is 120 cm³/mol. The molecule has 3 aromatic rings. The molecule has 4 rings (SSSR count). The van der Waals surface area contributed by atoms with Crippen molar-refractivity contribution in [3.8, 4) is 5.75 Å². The minimum Gasteiger partial charge on any atom is -0.489 e. The molecule has 0 saturated heterocycles. The van der Waals surface area contributed by atoms with Gasteiger partial charge in [-0.15, -0.1) is 5.11 Å². The number of carbonyl (C=O) groups is 1. The van der Waals surface area contributed by atoms with E-state index in [1.807, 2.05) is 36.4 Å². The van der Waals surface area contributed by atoms with E-state index in [-0.39, 0.29) is 0 Å². The number of carboxylic acids is 1. The van der Waals surface area contributed by atoms with Crippen molar-refractivity contribution in [2.24, 2.45) is 16.1 Å². The van der Waals surface area contributed by atoms with E-state index >= 15 is 0 Å². The minimum atomic E-state index is -0.983. The average Bonchev–Trinajstić information content (AvgIpc) is 2.83. The zero-order chi connectivity index (χ0) is 22.3. The normalized spacial score (nSPS) is 15.9. The van der Waals surface area contributed by atoms with Gasteiger partial charge in [-0.1, -0.05) is 18.7 Å². The highest BCUT2D eigenvalue weighted by Crippen LogP contribution is 2.35. The SMILES string of the molecule is C=C1C(N=Nc2ccc(OCc3ccncc3)cc2)=C(c2ccncc2)C=CC1C(=O)O. The van der Waals surface area contributed by atoms with Crippen LogP contribution in [-0.4, -0.2) is 21.0 Å². The molecular formula is C25H20N4O3. The Morgan fingerprint density at radius 2 is 1.62 bits per heavy atom. The van der Waals surface area contributed by atoms with Gasteiger partial charge in [0.05, 0.1) is 11.4 Å². The Morgan fingerprint density at radius 1 is 0.969 bits per heavy atom. The van der Waals surface area contributed by atoms with Crippen molar-refractivity contribution < 1.29 is 14.6 Å². The fourth-order valence-corrected chi connectivity index (χ4v) is 3.18. The van der Waals surface area contributed by atoms with Crippen LogP contribution in [0.2, 0.25) is 0 Å². The number of pyridine rings is 2. The highest BCUT2D eigenvalue weighted by Gasteiger charge is 2.26. The lowest BCUT2D eigenvalue weighted by atomic mass is 9.87. The molecule has 7 heteroatoms. The topological polar surface area (TPSA) is 97.0 Å². The van der Waals surface area contributed by atoms with Crippen LogP contribution in [0.15, 0.2) is 114 Å². The molecule has 2 aromatic heterocycles. The first-order valence-corrected chi connectivity index (χ1v) is 9.90. The number of hydrogen-bond donors (Lipinski definition) is 1. The van der Waals surface area contributed by atoms with Gasteiger partial charge in [0.15, 0.2) is 0 Å². The molecule has 2 heterocycles. The lowest BCUT2D eigenvalue weighted by Gasteiger charge is -2.19. The Hall–Kier alpha value is -4.39. The number of allylic oxidation sites excluding steroid dienone is 3. The molecule has 0 saturated carbocycles. The second kappa shape index (κ2) is 9.61. The summed E-state index contributed by atoms with van der Waals surface area (Å²) in [6.45, 7) is 4.41. The smallest absolute Gasteiger partial charge is 0.314 e. The fraction of sp³-hybridized carbons (Fsp3) is 0.0800. The molecule has 32 heavy (non-hydrogen) atoms. The van der Waals surface area contributed by atoms with Gasteiger partial charge in [-0.3, -0.25) is 14.8 Å². The first kappa shape index (κ1) is 20.9. The summed E-state index contributed by atoms with van der Waals surface area (Å²) >= 11 is 0. The van der Waals surface area contributed by atoms with Crippen LogP contribution in [0.25, 0.3) is 5.57 Å². The summed E-state index contributed by atoms with van der Waals surface area (Å²) in [4.78, 5) is 19.6. The maximum absolute atomic E-state index is 11.6. The third-order valence-electron chi connectivity index (χ3n) is 4.90. The number of rotatable bonds is 7. The van der Waals surface area contributed by atoms with Gasteiger partial charge in [0.2, 0.25) is 0 Å². The maximum Gasteiger partial charge on any atom is 0.314 e. The highest BCUT2D eigenvalue weighted by molar-refractivity contribution is 5.87. The van der Waals surface area contributed by atoms with E-state index in [1.54, 1.807) is 49.1 Å². The summed E-state index contributed by atoms with van der Waals surface area (Å²) < 4.78 is 5.77. The third kappa shape index (κ3) is 4.84. The number of hydrogen-bond acceptors (Lipinski definition) is 6. The minimum absolute atomic E-state index is 0.382. The van der Waals surface area contributed by atoms with E-state index in [0.717, 1.165) is 16.7 Å². The van der Waals surface area contributed by atoms with E-state index < -0.39 is 11.9 Å². The summed E-state index contributed by atoms with van der Waals surface area (Å²) in [5, 5.41) is 18.2. The molecule has 0 fully saturated rings. The molecule has 1 N–H and O–H groups in total. The van der Waals surface area contributed by atoms with Gasteiger partial charge in [0.1, 0.15) is 18.3 Å². The number of azo groups is 1. The van der Waals surface area contributed by atoms with Crippen molar-refractivity contribution >= 4 is 17.2 Å². The summed E-state index contributed by atoms with van der Waals surface area (Å²) in [6, 6.07) is 14.6. The van der Waals surface area contributed by atoms with E-state index in [4.69, 9.17) is 4.74 Å². The second-order valence-corrected chi connectivity index (χ2v) is 7.04. The number of benzene rings is 1. The van der Waals surface area contributed by atoms with Crippen LogP contribution in [0.3, 0.4) is 0 Å². The number of carboxylic acid groups (broad SMARTS) is 1. The zero-order valence-corrected chi connectivity index (χ0v) is 17.1. The zero-order valence-electron chi connectivity index (χ0n) is 17.1. The molecule has 0 aliphatic heterocycles. The van der Waals surface area contributed by atoms with E-state index in [9.17, 15) is 9.90 Å². The van der Waals surface area contributed by atoms with Crippen molar-refractivity contribution in [3.63, 3.8) is 0 Å². The second-order valence-electron chi connectivity index (χ2n) is 7.04. The standard InChI is InChI=1S/C25H20N4O3/c1-17-22(25(30)31)6-7-23(19-10-14-27-15-11-19)24(17)29-28-20-2-4-21(5-3-20)32-16-18-8-12-26-13-9-18/h2-15,22H,1,16H2,(H,30,31). The number of aliphatic carboxylic acids is 1. The molecule has 0 bridgehead atoms. The predicted octanol–water partition coefficient (Wildman–Crippen LogP) is 5.38. The van der Waals surface area contributed by atoms with Gasteiger partial charge in [0.25, 0.3) is 0 Å². The van der Waals surface area contributed by atoms with Gasteiger partial charge < -0.3 is 9.84 Å². The summed E-state index contributed by atoms with van der Waals surface area (Å²) in [5.74, 6) is -1.13. The van der Waals surface area contributed by atoms with Crippen LogP contribution in [0, 0.1) is 5.92 Å². The number of nitrogens with zero attached hydrogens (tertiary/aromatic N) is 4. The van der Waals surface area contributed by atoms with Gasteiger partial charge in [0, 0.05) is 30.4 Å². The first-order chi connectivity index (χ1) is 15.6. The van der Waals surface area contributed by atoms with Crippen LogP contribution >= 0.6 is 0 Å². The van der Waals surface area contributed by atoms with Gasteiger partial charge in [-0.2, -0.15) is 5.11 Å². The van der Waals surface area contributed by atoms with Crippen molar-refractivity contribution in [3.05, 3.63) is 114 Å². The first-order valence-electron chi connectivity index (χ1n) is 9.90. The number of ether oxygens (including phenoxy) is 1. The molecule has 1 aliphatic rings. The molecule has 1 atom stereocenters. The molecule has 0 spiro atoms. The Labute approximate surface area is 185 Å². The van der Waals surface area contributed by atoms with Crippen molar-refractivity contribution in [2.75, 3.05) is 0 Å². The van der Waals surface area contributed by atoms with E-state index in [2.05, 4.69) is 26.8 Å². The van der Waals surface area contributed by atoms with Gasteiger partial charge in [-0.25, -0.2) is 0 Å². The summed E-state index contributed by atoms with van der Waals surface area (Å²) in [5.41, 5.74) is 4.05. The van der Waals surface area contributed by atoms with E-state index in [0.29, 0.717) is 29.3 Å². The number of aromatic nitrogens is 2. The Bertz CT molecular complexity index is 1200. The van der Waals surface area contributed by atoms with Crippen molar-refractivity contribution in [1.29, 1.82) is 0 Å². The quantitative estimate of drug-likeness (QED) is 0.514. The molecule has 0 amide bonds. The summed E-state index contributed by atoms with van der Waals surface area (Å²) in [6.07, 6.45) is 10.1. The molecular weight excluding hydrogens is 404 g/mol. The molecule has 0 radical (unpaired) electrons. The average molecular weight is 424 g/mol. The van der Waals surface area contributed by atoms with Crippen LogP contribution < -0.4 is 4.74 Å². The van der Waals surface area contributed by atoms with Crippen LogP contribution in [0.1, 0.15) is 11.1 Å². The van der Waals surface area contributed by atoms with Crippen LogP contribution in [0.5, 0.6) is 5.75 Å². The largest absolute Gasteiger partial charge is 0.489 e. The monoisotopic (exact) mass is 424 g/mol. The van der Waals surface area contributed by atoms with Gasteiger partial charge in [-0.05, 0) is 65.2 Å². The molecule has 1 unspecified atom stereocenters. The Morgan fingerprint density at radius 3 is 2.28 bits per heavy atom. The summed E-state index contributed by atoms with van der Waals surface area (Å²) in [7, 11) is 0. The van der Waals surface area contributed by atoms with Gasteiger partial charge >= 0.3 is 5.97 Å². The van der Waals surface area contributed by atoms with Crippen LogP contribution in [-0.2, 0) is 11.4 Å². The van der Waals surface area contributed by atoms with Crippen molar-refractivity contribution in [2.45, 2.75) is 6.61 Å². The maximum atomic E-state index is 11.6. The molecule has 1 aromatic carbocycles.